The molecule has 5 nitrogen and oxygen atoms in total. The number of halogens is 1. The summed E-state index contributed by atoms with van der Waals surface area (Å²) in [6, 6.07) is 6.86. The van der Waals surface area contributed by atoms with Crippen molar-refractivity contribution in [1.82, 2.24) is 5.32 Å². The van der Waals surface area contributed by atoms with Gasteiger partial charge in [0.2, 0.25) is 0 Å². The molecule has 2 atom stereocenters. The molecule has 0 bridgehead atoms. The van der Waals surface area contributed by atoms with E-state index in [4.69, 9.17) is 21.4 Å². The van der Waals surface area contributed by atoms with Crippen molar-refractivity contribution in [3.8, 4) is 5.75 Å². The van der Waals surface area contributed by atoms with Crippen LogP contribution in [0.4, 0.5) is 0 Å². The molecule has 21 heavy (non-hydrogen) atoms. The van der Waals surface area contributed by atoms with E-state index in [0.29, 0.717) is 17.2 Å². The third-order valence-electron chi connectivity index (χ3n) is 3.02. The van der Waals surface area contributed by atoms with E-state index in [9.17, 15) is 9.59 Å². The van der Waals surface area contributed by atoms with Gasteiger partial charge in [0.05, 0.1) is 10.9 Å². The number of carbonyl (C=O) groups is 2. The average molecular weight is 314 g/mol. The Morgan fingerprint density at radius 2 is 2.05 bits per heavy atom. The number of carboxylic acids is 1. The Hall–Kier alpha value is -1.75. The predicted octanol–water partition coefficient (Wildman–Crippen LogP) is 2.72. The van der Waals surface area contributed by atoms with Crippen LogP contribution < -0.4 is 10.1 Å². The van der Waals surface area contributed by atoms with Crippen molar-refractivity contribution in [3.63, 3.8) is 0 Å². The number of carbonyl (C=O) groups excluding carboxylic acids is 1. The molecule has 0 radical (unpaired) electrons. The molecule has 0 aliphatic heterocycles. The second-order valence-corrected chi connectivity index (χ2v) is 5.17. The molecule has 0 aromatic heterocycles. The first kappa shape index (κ1) is 17.3. The van der Waals surface area contributed by atoms with Crippen LogP contribution in [-0.4, -0.2) is 29.6 Å². The normalized spacial score (nSPS) is 13.3. The van der Waals surface area contributed by atoms with Crippen molar-refractivity contribution in [2.75, 3.05) is 6.54 Å². The van der Waals surface area contributed by atoms with E-state index in [0.717, 1.165) is 6.42 Å². The Labute approximate surface area is 129 Å². The molecule has 0 spiro atoms. The largest absolute Gasteiger partial charge is 0.481 e. The standard InChI is InChI=1S/C15H20ClNO4/c1-3-6-11(15(19)20)9-17-14(18)10(2)21-13-8-5-4-7-12(13)16/h4-5,7-8,10-11H,3,6,9H2,1-2H3,(H,17,18)(H,19,20). The fourth-order valence-electron chi connectivity index (χ4n) is 1.81. The summed E-state index contributed by atoms with van der Waals surface area (Å²) in [6.07, 6.45) is 0.523. The molecule has 1 rings (SSSR count). The van der Waals surface area contributed by atoms with Crippen molar-refractivity contribution in [3.05, 3.63) is 29.3 Å². The maximum Gasteiger partial charge on any atom is 0.308 e. The van der Waals surface area contributed by atoms with Gasteiger partial charge < -0.3 is 15.2 Å². The van der Waals surface area contributed by atoms with Crippen LogP contribution >= 0.6 is 11.6 Å². The number of ether oxygens (including phenoxy) is 1. The summed E-state index contributed by atoms with van der Waals surface area (Å²) in [5.74, 6) is -1.43. The Morgan fingerprint density at radius 1 is 1.38 bits per heavy atom. The molecular formula is C15H20ClNO4. The van der Waals surface area contributed by atoms with Gasteiger partial charge in [-0.3, -0.25) is 9.59 Å². The van der Waals surface area contributed by atoms with Crippen LogP contribution in [0.5, 0.6) is 5.75 Å². The summed E-state index contributed by atoms with van der Waals surface area (Å²) in [7, 11) is 0. The van der Waals surface area contributed by atoms with Gasteiger partial charge >= 0.3 is 5.97 Å². The maximum absolute atomic E-state index is 11.9. The van der Waals surface area contributed by atoms with Crippen LogP contribution in [0.3, 0.4) is 0 Å². The van der Waals surface area contributed by atoms with E-state index in [2.05, 4.69) is 5.32 Å². The fraction of sp³-hybridized carbons (Fsp3) is 0.467. The number of rotatable bonds is 8. The van der Waals surface area contributed by atoms with Gasteiger partial charge in [-0.15, -0.1) is 0 Å². The number of para-hydroxylation sites is 1. The molecule has 0 saturated heterocycles. The van der Waals surface area contributed by atoms with Crippen LogP contribution in [-0.2, 0) is 9.59 Å². The molecule has 1 aromatic rings. The van der Waals surface area contributed by atoms with Gasteiger partial charge in [0.25, 0.3) is 5.91 Å². The van der Waals surface area contributed by atoms with E-state index in [1.165, 1.54) is 0 Å². The van der Waals surface area contributed by atoms with E-state index < -0.39 is 18.0 Å². The minimum Gasteiger partial charge on any atom is -0.481 e. The SMILES string of the molecule is CCCC(CNC(=O)C(C)Oc1ccccc1Cl)C(=O)O. The lowest BCUT2D eigenvalue weighted by molar-refractivity contribution is -0.142. The van der Waals surface area contributed by atoms with Crippen molar-refractivity contribution in [1.29, 1.82) is 0 Å². The van der Waals surface area contributed by atoms with Gasteiger partial charge in [-0.2, -0.15) is 0 Å². The number of amides is 1. The third-order valence-corrected chi connectivity index (χ3v) is 3.33. The minimum atomic E-state index is -0.906. The first-order chi connectivity index (χ1) is 9.95. The lowest BCUT2D eigenvalue weighted by Crippen LogP contribution is -2.40. The summed E-state index contributed by atoms with van der Waals surface area (Å²) < 4.78 is 5.47. The smallest absolute Gasteiger partial charge is 0.308 e. The van der Waals surface area contributed by atoms with Gasteiger partial charge in [0.1, 0.15) is 5.75 Å². The highest BCUT2D eigenvalue weighted by Crippen LogP contribution is 2.24. The zero-order chi connectivity index (χ0) is 15.8. The first-order valence-electron chi connectivity index (χ1n) is 6.87. The molecule has 0 fully saturated rings. The van der Waals surface area contributed by atoms with Crippen LogP contribution in [0.15, 0.2) is 24.3 Å². The molecule has 0 aliphatic carbocycles. The van der Waals surface area contributed by atoms with E-state index >= 15 is 0 Å². The van der Waals surface area contributed by atoms with Crippen molar-refractivity contribution >= 4 is 23.5 Å². The number of aliphatic carboxylic acids is 1. The van der Waals surface area contributed by atoms with Crippen molar-refractivity contribution in [2.45, 2.75) is 32.8 Å². The molecule has 6 heteroatoms. The summed E-state index contributed by atoms with van der Waals surface area (Å²) in [6.45, 7) is 3.59. The number of benzene rings is 1. The first-order valence-corrected chi connectivity index (χ1v) is 7.25. The maximum atomic E-state index is 11.9. The monoisotopic (exact) mass is 313 g/mol. The minimum absolute atomic E-state index is 0.0955. The highest BCUT2D eigenvalue weighted by Gasteiger charge is 2.20. The molecule has 0 aliphatic rings. The van der Waals surface area contributed by atoms with Gasteiger partial charge in [0, 0.05) is 6.54 Å². The van der Waals surface area contributed by atoms with E-state index in [1.807, 2.05) is 6.92 Å². The third kappa shape index (κ3) is 5.63. The fourth-order valence-corrected chi connectivity index (χ4v) is 1.99. The van der Waals surface area contributed by atoms with Gasteiger partial charge in [-0.05, 0) is 25.5 Å². The van der Waals surface area contributed by atoms with Crippen LogP contribution in [0, 0.1) is 5.92 Å². The van der Waals surface area contributed by atoms with Crippen LogP contribution in [0.2, 0.25) is 5.02 Å². The van der Waals surface area contributed by atoms with Crippen molar-refractivity contribution < 1.29 is 19.4 Å². The average Bonchev–Trinajstić information content (AvgIpc) is 2.45. The second-order valence-electron chi connectivity index (χ2n) is 4.76. The summed E-state index contributed by atoms with van der Waals surface area (Å²) in [5.41, 5.74) is 0. The molecular weight excluding hydrogens is 294 g/mol. The predicted molar refractivity (Wildman–Crippen MR) is 80.6 cm³/mol. The number of hydrogen-bond donors (Lipinski definition) is 2. The topological polar surface area (TPSA) is 75.6 Å². The Kier molecular flexibility index (Phi) is 7.02. The molecule has 1 amide bonds. The zero-order valence-corrected chi connectivity index (χ0v) is 12.9. The summed E-state index contributed by atoms with van der Waals surface area (Å²) >= 11 is 5.95. The molecule has 2 unspecified atom stereocenters. The highest BCUT2D eigenvalue weighted by molar-refractivity contribution is 6.32. The lowest BCUT2D eigenvalue weighted by Gasteiger charge is -2.17. The number of hydrogen-bond acceptors (Lipinski definition) is 3. The lowest BCUT2D eigenvalue weighted by atomic mass is 10.0. The van der Waals surface area contributed by atoms with Gasteiger partial charge in [-0.1, -0.05) is 37.1 Å². The highest BCUT2D eigenvalue weighted by atomic mass is 35.5. The molecule has 0 heterocycles. The van der Waals surface area contributed by atoms with E-state index in [-0.39, 0.29) is 12.5 Å². The van der Waals surface area contributed by atoms with Gasteiger partial charge in [-0.25, -0.2) is 0 Å². The Bertz CT molecular complexity index is 492. The number of nitrogens with one attached hydrogen (secondary N) is 1. The summed E-state index contributed by atoms with van der Waals surface area (Å²) in [4.78, 5) is 22.9. The molecule has 2 N–H and O–H groups in total. The van der Waals surface area contributed by atoms with Crippen LogP contribution in [0.1, 0.15) is 26.7 Å². The molecule has 0 saturated carbocycles. The second kappa shape index (κ2) is 8.52. The zero-order valence-electron chi connectivity index (χ0n) is 12.1. The summed E-state index contributed by atoms with van der Waals surface area (Å²) in [5, 5.41) is 12.1. The quantitative estimate of drug-likeness (QED) is 0.773. The number of carboxylic acid groups (broad SMARTS) is 1. The Balaban J connectivity index is 2.51. The molecule has 1 aromatic carbocycles. The van der Waals surface area contributed by atoms with Crippen molar-refractivity contribution in [2.24, 2.45) is 5.92 Å². The van der Waals surface area contributed by atoms with E-state index in [1.54, 1.807) is 31.2 Å². The molecule has 116 valence electrons. The van der Waals surface area contributed by atoms with Gasteiger partial charge in [0.15, 0.2) is 6.10 Å². The Morgan fingerprint density at radius 3 is 2.62 bits per heavy atom. The van der Waals surface area contributed by atoms with Crippen LogP contribution in [0.25, 0.3) is 0 Å².